The van der Waals surface area contributed by atoms with Gasteiger partial charge in [-0.1, -0.05) is 23.2 Å². The summed E-state index contributed by atoms with van der Waals surface area (Å²) in [5.41, 5.74) is 0.589. The Hall–Kier alpha value is -0.770. The zero-order chi connectivity index (χ0) is 14.9. The van der Waals surface area contributed by atoms with E-state index in [9.17, 15) is 4.79 Å². The molecule has 0 saturated heterocycles. The minimum Gasteiger partial charge on any atom is -0.337 e. The number of rotatable bonds is 3. The number of hydrogen-bond donors (Lipinski definition) is 0. The van der Waals surface area contributed by atoms with Gasteiger partial charge in [0.05, 0.1) is 10.0 Å². The fraction of sp³-hybridized carbons (Fsp3) is 0.533. The van der Waals surface area contributed by atoms with Crippen LogP contribution in [0.15, 0.2) is 18.2 Å². The Labute approximate surface area is 130 Å². The highest BCUT2D eigenvalue weighted by Gasteiger charge is 2.34. The van der Waals surface area contributed by atoms with Gasteiger partial charge in [0.25, 0.3) is 5.91 Å². The van der Waals surface area contributed by atoms with E-state index in [1.807, 2.05) is 11.9 Å². The lowest BCUT2D eigenvalue weighted by Crippen LogP contribution is -2.47. The van der Waals surface area contributed by atoms with Gasteiger partial charge in [0.1, 0.15) is 0 Å². The molecule has 2 unspecified atom stereocenters. The monoisotopic (exact) mass is 314 g/mol. The molecule has 0 spiro atoms. The molecule has 20 heavy (non-hydrogen) atoms. The van der Waals surface area contributed by atoms with Crippen molar-refractivity contribution in [2.24, 2.45) is 0 Å². The van der Waals surface area contributed by atoms with Crippen molar-refractivity contribution in [1.82, 2.24) is 9.80 Å². The number of carbonyl (C=O) groups is 1. The van der Waals surface area contributed by atoms with Crippen molar-refractivity contribution in [2.75, 3.05) is 21.1 Å². The van der Waals surface area contributed by atoms with Crippen molar-refractivity contribution in [2.45, 2.75) is 31.3 Å². The lowest BCUT2D eigenvalue weighted by atomic mass is 10.1. The standard InChI is InChI=1S/C15H20Cl2N2O/c1-18(2)13-5-4-6-14(13)19(3)15(20)10-7-8-11(16)12(17)9-10/h7-9,13-14H,4-6H2,1-3H3. The highest BCUT2D eigenvalue weighted by atomic mass is 35.5. The van der Waals surface area contributed by atoms with Crippen LogP contribution in [0.1, 0.15) is 29.6 Å². The molecule has 3 nitrogen and oxygen atoms in total. The van der Waals surface area contributed by atoms with Gasteiger partial charge >= 0.3 is 0 Å². The van der Waals surface area contributed by atoms with Gasteiger partial charge in [0, 0.05) is 24.7 Å². The van der Waals surface area contributed by atoms with Gasteiger partial charge in [0.2, 0.25) is 0 Å². The number of benzene rings is 1. The molecule has 1 aliphatic rings. The first-order valence-electron chi connectivity index (χ1n) is 6.80. The van der Waals surface area contributed by atoms with Gasteiger partial charge in [-0.25, -0.2) is 0 Å². The second-order valence-electron chi connectivity index (χ2n) is 5.57. The number of carbonyl (C=O) groups excluding carboxylic acids is 1. The number of likely N-dealkylation sites (N-methyl/N-ethyl adjacent to an activating group) is 2. The first-order valence-corrected chi connectivity index (χ1v) is 7.56. The summed E-state index contributed by atoms with van der Waals surface area (Å²) in [5.74, 6) is 0.00215. The fourth-order valence-electron chi connectivity index (χ4n) is 2.96. The van der Waals surface area contributed by atoms with Crippen molar-refractivity contribution >= 4 is 29.1 Å². The molecular formula is C15H20Cl2N2O. The molecule has 1 amide bonds. The summed E-state index contributed by atoms with van der Waals surface area (Å²) in [4.78, 5) is 16.6. The van der Waals surface area contributed by atoms with Crippen LogP contribution in [-0.4, -0.2) is 48.9 Å². The number of amides is 1. The SMILES string of the molecule is CN(C)C1CCCC1N(C)C(=O)c1ccc(Cl)c(Cl)c1. The third kappa shape index (κ3) is 3.11. The van der Waals surface area contributed by atoms with Gasteiger partial charge in [-0.15, -0.1) is 0 Å². The first-order chi connectivity index (χ1) is 9.41. The summed E-state index contributed by atoms with van der Waals surface area (Å²) in [6.07, 6.45) is 3.34. The number of halogens is 2. The minimum absolute atomic E-state index is 0.00215. The van der Waals surface area contributed by atoms with Crippen LogP contribution in [0.5, 0.6) is 0 Å². The summed E-state index contributed by atoms with van der Waals surface area (Å²) in [5, 5.41) is 0.888. The van der Waals surface area contributed by atoms with Crippen LogP contribution < -0.4 is 0 Å². The molecule has 0 radical (unpaired) electrons. The topological polar surface area (TPSA) is 23.6 Å². The normalized spacial score (nSPS) is 22.3. The van der Waals surface area contributed by atoms with Gasteiger partial charge < -0.3 is 9.80 Å². The van der Waals surface area contributed by atoms with E-state index >= 15 is 0 Å². The van der Waals surface area contributed by atoms with Crippen molar-refractivity contribution in [3.63, 3.8) is 0 Å². The van der Waals surface area contributed by atoms with Gasteiger partial charge in [-0.2, -0.15) is 0 Å². The predicted octanol–water partition coefficient (Wildman–Crippen LogP) is 3.55. The predicted molar refractivity (Wildman–Crippen MR) is 83.7 cm³/mol. The second-order valence-corrected chi connectivity index (χ2v) is 6.39. The largest absolute Gasteiger partial charge is 0.337 e. The van der Waals surface area contributed by atoms with Crippen molar-refractivity contribution in [3.8, 4) is 0 Å². The van der Waals surface area contributed by atoms with E-state index < -0.39 is 0 Å². The third-order valence-electron chi connectivity index (χ3n) is 4.09. The number of hydrogen-bond acceptors (Lipinski definition) is 2. The van der Waals surface area contributed by atoms with Crippen LogP contribution in [0.25, 0.3) is 0 Å². The van der Waals surface area contributed by atoms with E-state index in [0.717, 1.165) is 19.3 Å². The van der Waals surface area contributed by atoms with E-state index in [0.29, 0.717) is 21.7 Å². The van der Waals surface area contributed by atoms with E-state index in [1.165, 1.54) is 0 Å². The van der Waals surface area contributed by atoms with Crippen LogP contribution in [0.2, 0.25) is 10.0 Å². The quantitative estimate of drug-likeness (QED) is 0.852. The highest BCUT2D eigenvalue weighted by Crippen LogP contribution is 2.28. The van der Waals surface area contributed by atoms with Crippen molar-refractivity contribution in [3.05, 3.63) is 33.8 Å². The lowest BCUT2D eigenvalue weighted by Gasteiger charge is -2.33. The average molecular weight is 315 g/mol. The summed E-state index contributed by atoms with van der Waals surface area (Å²) in [6.45, 7) is 0. The zero-order valence-electron chi connectivity index (χ0n) is 12.1. The molecule has 1 fully saturated rings. The summed E-state index contributed by atoms with van der Waals surface area (Å²) in [6, 6.07) is 5.72. The molecule has 0 heterocycles. The number of nitrogens with zero attached hydrogens (tertiary/aromatic N) is 2. The molecule has 0 N–H and O–H groups in total. The summed E-state index contributed by atoms with van der Waals surface area (Å²) >= 11 is 11.9. The third-order valence-corrected chi connectivity index (χ3v) is 4.83. The van der Waals surface area contributed by atoms with Gasteiger partial charge in [-0.3, -0.25) is 4.79 Å². The summed E-state index contributed by atoms with van der Waals surface area (Å²) < 4.78 is 0. The molecule has 5 heteroatoms. The maximum Gasteiger partial charge on any atom is 0.253 e. The minimum atomic E-state index is 0.00215. The van der Waals surface area contributed by atoms with E-state index in [4.69, 9.17) is 23.2 Å². The molecule has 1 aromatic carbocycles. The molecule has 0 bridgehead atoms. The molecule has 110 valence electrons. The Morgan fingerprint density at radius 3 is 2.35 bits per heavy atom. The second kappa shape index (κ2) is 6.33. The van der Waals surface area contributed by atoms with E-state index in [1.54, 1.807) is 18.2 Å². The molecule has 2 rings (SSSR count). The smallest absolute Gasteiger partial charge is 0.253 e. The average Bonchev–Trinajstić information content (AvgIpc) is 2.89. The van der Waals surface area contributed by atoms with Crippen LogP contribution in [0.4, 0.5) is 0 Å². The van der Waals surface area contributed by atoms with Crippen LogP contribution in [-0.2, 0) is 0 Å². The van der Waals surface area contributed by atoms with Crippen LogP contribution in [0, 0.1) is 0 Å². The maximum atomic E-state index is 12.6. The zero-order valence-corrected chi connectivity index (χ0v) is 13.6. The Balaban J connectivity index is 2.17. The molecule has 1 aromatic rings. The highest BCUT2D eigenvalue weighted by molar-refractivity contribution is 6.42. The van der Waals surface area contributed by atoms with Crippen molar-refractivity contribution < 1.29 is 4.79 Å². The molecule has 1 saturated carbocycles. The molecule has 2 atom stereocenters. The van der Waals surface area contributed by atoms with E-state index in [2.05, 4.69) is 19.0 Å². The van der Waals surface area contributed by atoms with Crippen LogP contribution in [0.3, 0.4) is 0 Å². The Morgan fingerprint density at radius 1 is 1.10 bits per heavy atom. The molecule has 0 aliphatic heterocycles. The maximum absolute atomic E-state index is 12.6. The van der Waals surface area contributed by atoms with Crippen LogP contribution >= 0.6 is 23.2 Å². The van der Waals surface area contributed by atoms with Gasteiger partial charge in [0.15, 0.2) is 0 Å². The molecular weight excluding hydrogens is 295 g/mol. The Kier molecular flexibility index (Phi) is 4.95. The molecule has 1 aliphatic carbocycles. The first kappa shape index (κ1) is 15.6. The Bertz CT molecular complexity index is 505. The lowest BCUT2D eigenvalue weighted by molar-refractivity contribution is 0.0667. The fourth-order valence-corrected chi connectivity index (χ4v) is 3.26. The van der Waals surface area contributed by atoms with E-state index in [-0.39, 0.29) is 11.9 Å². The van der Waals surface area contributed by atoms with Gasteiger partial charge in [-0.05, 0) is 51.6 Å². The molecule has 0 aromatic heterocycles. The van der Waals surface area contributed by atoms with Crippen molar-refractivity contribution in [1.29, 1.82) is 0 Å². The summed E-state index contributed by atoms with van der Waals surface area (Å²) in [7, 11) is 6.01. The Morgan fingerprint density at radius 2 is 1.75 bits per heavy atom.